The average molecular weight is 251 g/mol. The molecule has 2 rings (SSSR count). The Morgan fingerprint density at radius 1 is 1.82 bits per heavy atom. The molecule has 1 saturated heterocycles. The molecule has 0 spiro atoms. The maximum atomic E-state index is 4.40. The van der Waals surface area contributed by atoms with Crippen LogP contribution in [-0.2, 0) is 0 Å². The van der Waals surface area contributed by atoms with E-state index in [1.807, 2.05) is 28.5 Å². The van der Waals surface area contributed by atoms with Gasteiger partial charge in [0.15, 0.2) is 0 Å². The van der Waals surface area contributed by atoms with E-state index in [4.69, 9.17) is 0 Å². The van der Waals surface area contributed by atoms with Gasteiger partial charge in [-0.25, -0.2) is 5.01 Å². The van der Waals surface area contributed by atoms with Crippen molar-refractivity contribution in [2.75, 3.05) is 5.75 Å². The maximum Gasteiger partial charge on any atom is 0.149 e. The first kappa shape index (κ1) is 8.01. The van der Waals surface area contributed by atoms with Gasteiger partial charge in [0.2, 0.25) is 0 Å². The lowest BCUT2D eigenvalue weighted by atomic mass is 10.6. The van der Waals surface area contributed by atoms with Crippen molar-refractivity contribution in [1.82, 2.24) is 5.01 Å². The van der Waals surface area contributed by atoms with E-state index in [1.165, 1.54) is 5.70 Å². The molecule has 1 unspecified atom stereocenters. The average Bonchev–Trinajstić information content (AvgIpc) is 2.45. The van der Waals surface area contributed by atoms with Crippen LogP contribution in [0.1, 0.15) is 6.92 Å². The molecule has 0 aromatic carbocycles. The molecular weight excluding hydrogens is 244 g/mol. The first-order valence-corrected chi connectivity index (χ1v) is 6.07. The summed E-state index contributed by atoms with van der Waals surface area (Å²) in [5.41, 5.74) is 1.27. The summed E-state index contributed by atoms with van der Waals surface area (Å²) in [5.74, 6) is 1.07. The Balaban J connectivity index is 2.24. The summed E-state index contributed by atoms with van der Waals surface area (Å²) in [6.07, 6.45) is 0. The van der Waals surface area contributed by atoms with Crippen LogP contribution in [-0.4, -0.2) is 20.5 Å². The van der Waals surface area contributed by atoms with Crippen molar-refractivity contribution in [2.45, 2.75) is 11.6 Å². The Bertz CT molecular complexity index is 239. The Labute approximate surface area is 82.6 Å². The summed E-state index contributed by atoms with van der Waals surface area (Å²) in [5, 5.41) is 7.64. The Kier molecular flexibility index (Phi) is 2.21. The minimum atomic E-state index is 0.499. The second-order valence-corrected chi connectivity index (χ2v) is 5.40. The number of hydrogen-bond donors (Lipinski definition) is 0. The zero-order chi connectivity index (χ0) is 7.84. The third-order valence-electron chi connectivity index (χ3n) is 1.51. The van der Waals surface area contributed by atoms with Gasteiger partial charge in [0.25, 0.3) is 0 Å². The summed E-state index contributed by atoms with van der Waals surface area (Å²) >= 11 is 7.09. The number of hydrazone groups is 1. The van der Waals surface area contributed by atoms with Crippen LogP contribution in [0.2, 0.25) is 0 Å². The molecule has 0 radical (unpaired) electrons. The minimum Gasteiger partial charge on any atom is -0.244 e. The molecule has 0 saturated carbocycles. The molecular formula is C6H7BrN2S2. The lowest BCUT2D eigenvalue weighted by Gasteiger charge is -2.11. The fraction of sp³-hybridized carbons (Fsp3) is 0.500. The second kappa shape index (κ2) is 3.03. The number of rotatable bonds is 0. The van der Waals surface area contributed by atoms with Crippen LogP contribution in [0.25, 0.3) is 0 Å². The monoisotopic (exact) mass is 250 g/mol. The van der Waals surface area contributed by atoms with Crippen LogP contribution in [0.4, 0.5) is 0 Å². The van der Waals surface area contributed by atoms with E-state index in [-0.39, 0.29) is 0 Å². The van der Waals surface area contributed by atoms with Gasteiger partial charge in [-0.3, -0.25) is 0 Å². The lowest BCUT2D eigenvalue weighted by molar-refractivity contribution is 0.435. The van der Waals surface area contributed by atoms with E-state index in [2.05, 4.69) is 33.0 Å². The SMILES string of the molecule is CC1=NN2C(=CBr)CSC2S1. The fourth-order valence-electron chi connectivity index (χ4n) is 1.03. The molecule has 1 atom stereocenters. The van der Waals surface area contributed by atoms with Gasteiger partial charge < -0.3 is 0 Å². The molecule has 0 aromatic rings. The molecule has 5 heteroatoms. The predicted octanol–water partition coefficient (Wildman–Crippen LogP) is 2.64. The normalized spacial score (nSPS) is 32.9. The van der Waals surface area contributed by atoms with Crippen LogP contribution < -0.4 is 0 Å². The smallest absolute Gasteiger partial charge is 0.149 e. The topological polar surface area (TPSA) is 15.6 Å². The fourth-order valence-corrected chi connectivity index (χ4v) is 4.07. The molecule has 0 aromatic heterocycles. The van der Waals surface area contributed by atoms with Crippen molar-refractivity contribution < 1.29 is 0 Å². The standard InChI is InChI=1S/C6H7BrN2S2/c1-4-8-9-5(2-7)3-10-6(9)11-4/h2,6H,3H2,1H3. The zero-order valence-corrected chi connectivity index (χ0v) is 9.17. The lowest BCUT2D eigenvalue weighted by Crippen LogP contribution is -2.12. The van der Waals surface area contributed by atoms with Crippen molar-refractivity contribution in [2.24, 2.45) is 5.10 Å². The number of nitrogens with zero attached hydrogens (tertiary/aromatic N) is 2. The maximum absolute atomic E-state index is 4.40. The molecule has 0 amide bonds. The van der Waals surface area contributed by atoms with Crippen LogP contribution in [0, 0.1) is 0 Å². The molecule has 2 aliphatic rings. The highest BCUT2D eigenvalue weighted by atomic mass is 79.9. The van der Waals surface area contributed by atoms with E-state index in [1.54, 1.807) is 0 Å². The van der Waals surface area contributed by atoms with Crippen LogP contribution >= 0.6 is 39.5 Å². The summed E-state index contributed by atoms with van der Waals surface area (Å²) in [6.45, 7) is 2.05. The molecule has 11 heavy (non-hydrogen) atoms. The Morgan fingerprint density at radius 2 is 2.64 bits per heavy atom. The Hall–Kier alpha value is 0.390. The number of fused-ring (bicyclic) bond motifs is 1. The van der Waals surface area contributed by atoms with Gasteiger partial charge in [0.1, 0.15) is 4.71 Å². The number of halogens is 1. The summed E-state index contributed by atoms with van der Waals surface area (Å²) in [4.78, 5) is 1.96. The molecule has 2 heterocycles. The van der Waals surface area contributed by atoms with Gasteiger partial charge in [-0.05, 0) is 6.92 Å². The number of hydrogen-bond acceptors (Lipinski definition) is 4. The largest absolute Gasteiger partial charge is 0.244 e. The molecule has 0 N–H and O–H groups in total. The van der Waals surface area contributed by atoms with E-state index < -0.39 is 0 Å². The van der Waals surface area contributed by atoms with Gasteiger partial charge in [-0.1, -0.05) is 27.7 Å². The van der Waals surface area contributed by atoms with Gasteiger partial charge >= 0.3 is 0 Å². The summed E-state index contributed by atoms with van der Waals surface area (Å²) in [6, 6.07) is 0. The van der Waals surface area contributed by atoms with Gasteiger partial charge in [-0.2, -0.15) is 5.10 Å². The van der Waals surface area contributed by atoms with E-state index >= 15 is 0 Å². The molecule has 2 nitrogen and oxygen atoms in total. The molecule has 2 aliphatic heterocycles. The van der Waals surface area contributed by atoms with Crippen LogP contribution in [0.5, 0.6) is 0 Å². The second-order valence-electron chi connectivity index (χ2n) is 2.30. The van der Waals surface area contributed by atoms with E-state index in [9.17, 15) is 0 Å². The molecule has 60 valence electrons. The summed E-state index contributed by atoms with van der Waals surface area (Å²) in [7, 11) is 0. The molecule has 1 fully saturated rings. The van der Waals surface area contributed by atoms with Crippen molar-refractivity contribution in [3.05, 3.63) is 10.7 Å². The van der Waals surface area contributed by atoms with Crippen LogP contribution in [0.15, 0.2) is 15.8 Å². The quantitative estimate of drug-likeness (QED) is 0.658. The van der Waals surface area contributed by atoms with E-state index in [0.717, 1.165) is 10.8 Å². The molecule has 0 bridgehead atoms. The van der Waals surface area contributed by atoms with Crippen molar-refractivity contribution in [3.63, 3.8) is 0 Å². The zero-order valence-electron chi connectivity index (χ0n) is 5.95. The van der Waals surface area contributed by atoms with Crippen molar-refractivity contribution in [3.8, 4) is 0 Å². The minimum absolute atomic E-state index is 0.499. The van der Waals surface area contributed by atoms with Gasteiger partial charge in [-0.15, -0.1) is 11.8 Å². The molecule has 0 aliphatic carbocycles. The highest BCUT2D eigenvalue weighted by Crippen LogP contribution is 2.43. The third kappa shape index (κ3) is 1.34. The summed E-state index contributed by atoms with van der Waals surface area (Å²) < 4.78 is 0.499. The highest BCUT2D eigenvalue weighted by molar-refractivity contribution is 9.11. The third-order valence-corrected chi connectivity index (χ3v) is 4.51. The van der Waals surface area contributed by atoms with Gasteiger partial charge in [0.05, 0.1) is 10.7 Å². The highest BCUT2D eigenvalue weighted by Gasteiger charge is 2.33. The first-order chi connectivity index (χ1) is 5.31. The van der Waals surface area contributed by atoms with Crippen LogP contribution in [0.3, 0.4) is 0 Å². The first-order valence-electron chi connectivity index (χ1n) is 3.23. The van der Waals surface area contributed by atoms with Gasteiger partial charge in [0, 0.05) is 10.7 Å². The Morgan fingerprint density at radius 3 is 3.36 bits per heavy atom. The van der Waals surface area contributed by atoms with Crippen molar-refractivity contribution in [1.29, 1.82) is 0 Å². The van der Waals surface area contributed by atoms with Crippen molar-refractivity contribution >= 4 is 44.5 Å². The predicted molar refractivity (Wildman–Crippen MR) is 55.8 cm³/mol. The van der Waals surface area contributed by atoms with E-state index in [0.29, 0.717) is 4.71 Å². The number of thioether (sulfide) groups is 2.